The molecule has 0 bridgehead atoms. The van der Waals surface area contributed by atoms with Crippen LogP contribution in [0.5, 0.6) is 0 Å². The van der Waals surface area contributed by atoms with Crippen molar-refractivity contribution in [2.45, 2.75) is 0 Å². The van der Waals surface area contributed by atoms with Gasteiger partial charge < -0.3 is 0 Å². The van der Waals surface area contributed by atoms with Crippen LogP contribution in [0.1, 0.15) is 9.67 Å². The Bertz CT molecular complexity index is 299. The molecule has 0 aliphatic heterocycles. The second-order valence-corrected chi connectivity index (χ2v) is 3.33. The van der Waals surface area contributed by atoms with Gasteiger partial charge in [0.25, 0.3) is 11.8 Å². The highest BCUT2D eigenvalue weighted by Gasteiger charge is 2.06. The third kappa shape index (κ3) is 3.04. The Labute approximate surface area is 83.9 Å². The van der Waals surface area contributed by atoms with Gasteiger partial charge in [0.05, 0.1) is 4.88 Å². The van der Waals surface area contributed by atoms with Crippen LogP contribution in [-0.2, 0) is 4.79 Å². The lowest BCUT2D eigenvalue weighted by atomic mass is 10.4. The normalized spacial score (nSPS) is 9.31. The van der Waals surface area contributed by atoms with E-state index in [0.717, 1.165) is 0 Å². The van der Waals surface area contributed by atoms with Crippen molar-refractivity contribution in [3.8, 4) is 0 Å². The van der Waals surface area contributed by atoms with Crippen molar-refractivity contribution in [2.24, 2.45) is 0 Å². The van der Waals surface area contributed by atoms with Crippen LogP contribution >= 0.6 is 22.9 Å². The summed E-state index contributed by atoms with van der Waals surface area (Å²) in [5.41, 5.74) is 4.38. The molecule has 0 aliphatic carbocycles. The summed E-state index contributed by atoms with van der Waals surface area (Å²) < 4.78 is 0. The maximum absolute atomic E-state index is 11.2. The number of rotatable bonds is 2. The standard InChI is InChI=1S/C7H7ClN2O2S/c8-4-6(11)9-10-7(12)5-2-1-3-13-5/h1-3H,4H2,(H,9,11)(H,10,12). The van der Waals surface area contributed by atoms with Gasteiger partial charge in [-0.3, -0.25) is 20.4 Å². The van der Waals surface area contributed by atoms with Gasteiger partial charge in [-0.15, -0.1) is 22.9 Å². The zero-order valence-corrected chi connectivity index (χ0v) is 8.11. The van der Waals surface area contributed by atoms with E-state index in [0.29, 0.717) is 4.88 Å². The fourth-order valence-electron chi connectivity index (χ4n) is 0.629. The topological polar surface area (TPSA) is 58.2 Å². The third-order valence-corrected chi connectivity index (χ3v) is 2.29. The van der Waals surface area contributed by atoms with E-state index in [1.807, 2.05) is 0 Å². The van der Waals surface area contributed by atoms with E-state index in [4.69, 9.17) is 11.6 Å². The van der Waals surface area contributed by atoms with E-state index >= 15 is 0 Å². The third-order valence-electron chi connectivity index (χ3n) is 1.18. The summed E-state index contributed by atoms with van der Waals surface area (Å²) in [6.45, 7) is 0. The van der Waals surface area contributed by atoms with Crippen LogP contribution in [0.4, 0.5) is 0 Å². The van der Waals surface area contributed by atoms with Gasteiger partial charge in [0.1, 0.15) is 5.88 Å². The number of hydrogen-bond donors (Lipinski definition) is 2. The quantitative estimate of drug-likeness (QED) is 0.569. The van der Waals surface area contributed by atoms with Crippen LogP contribution in [0.15, 0.2) is 17.5 Å². The molecule has 0 atom stereocenters. The van der Waals surface area contributed by atoms with Crippen molar-refractivity contribution < 1.29 is 9.59 Å². The Morgan fingerprint density at radius 3 is 2.77 bits per heavy atom. The molecular weight excluding hydrogens is 212 g/mol. The van der Waals surface area contributed by atoms with Crippen LogP contribution in [-0.4, -0.2) is 17.7 Å². The van der Waals surface area contributed by atoms with Gasteiger partial charge in [0.2, 0.25) is 0 Å². The van der Waals surface area contributed by atoms with Gasteiger partial charge in [-0.25, -0.2) is 0 Å². The molecule has 1 aromatic heterocycles. The number of hydrogen-bond acceptors (Lipinski definition) is 3. The van der Waals surface area contributed by atoms with E-state index in [2.05, 4.69) is 10.9 Å². The molecule has 0 saturated heterocycles. The highest BCUT2D eigenvalue weighted by Crippen LogP contribution is 2.06. The summed E-state index contributed by atoms with van der Waals surface area (Å²) in [6, 6.07) is 3.41. The molecular formula is C7H7ClN2O2S. The predicted molar refractivity (Wildman–Crippen MR) is 50.6 cm³/mol. The SMILES string of the molecule is O=C(CCl)NNC(=O)c1cccs1. The first-order valence-electron chi connectivity index (χ1n) is 3.42. The number of amides is 2. The minimum atomic E-state index is -0.438. The Morgan fingerprint density at radius 2 is 2.23 bits per heavy atom. The van der Waals surface area contributed by atoms with E-state index in [9.17, 15) is 9.59 Å². The van der Waals surface area contributed by atoms with Crippen molar-refractivity contribution in [3.05, 3.63) is 22.4 Å². The maximum Gasteiger partial charge on any atom is 0.279 e. The Balaban J connectivity index is 2.39. The average molecular weight is 219 g/mol. The molecule has 0 aliphatic rings. The van der Waals surface area contributed by atoms with Crippen LogP contribution in [0.2, 0.25) is 0 Å². The molecule has 2 N–H and O–H groups in total. The molecule has 13 heavy (non-hydrogen) atoms. The van der Waals surface area contributed by atoms with Crippen LogP contribution in [0.25, 0.3) is 0 Å². The second-order valence-electron chi connectivity index (χ2n) is 2.11. The molecule has 1 aromatic rings. The molecule has 0 unspecified atom stereocenters. The summed E-state index contributed by atoms with van der Waals surface area (Å²) in [4.78, 5) is 22.3. The van der Waals surface area contributed by atoms with Crippen molar-refractivity contribution in [1.82, 2.24) is 10.9 Å². The van der Waals surface area contributed by atoms with E-state index in [1.165, 1.54) is 11.3 Å². The van der Waals surface area contributed by atoms with Gasteiger partial charge in [-0.2, -0.15) is 0 Å². The first kappa shape index (κ1) is 10.0. The highest BCUT2D eigenvalue weighted by atomic mass is 35.5. The summed E-state index contributed by atoms with van der Waals surface area (Å²) >= 11 is 6.49. The molecule has 2 amide bonds. The predicted octanol–water partition coefficient (Wildman–Crippen LogP) is 0.748. The summed E-state index contributed by atoms with van der Waals surface area (Å²) in [5.74, 6) is -0.954. The molecule has 0 radical (unpaired) electrons. The highest BCUT2D eigenvalue weighted by molar-refractivity contribution is 7.12. The monoisotopic (exact) mass is 218 g/mol. The van der Waals surface area contributed by atoms with Gasteiger partial charge in [-0.1, -0.05) is 6.07 Å². The molecule has 1 rings (SSSR count). The molecule has 1 heterocycles. The molecule has 4 nitrogen and oxygen atoms in total. The fourth-order valence-corrected chi connectivity index (χ4v) is 1.32. The van der Waals surface area contributed by atoms with E-state index < -0.39 is 5.91 Å². The summed E-state index contributed by atoms with van der Waals surface area (Å²) in [6.07, 6.45) is 0. The molecule has 0 aromatic carbocycles. The second kappa shape index (κ2) is 4.84. The zero-order valence-electron chi connectivity index (χ0n) is 6.54. The zero-order chi connectivity index (χ0) is 9.68. The smallest absolute Gasteiger partial charge is 0.272 e. The lowest BCUT2D eigenvalue weighted by molar-refractivity contribution is -0.119. The number of carbonyl (C=O) groups excluding carboxylic acids is 2. The van der Waals surface area contributed by atoms with Crippen molar-refractivity contribution >= 4 is 34.8 Å². The molecule has 0 saturated carbocycles. The van der Waals surface area contributed by atoms with E-state index in [-0.39, 0.29) is 11.8 Å². The first-order chi connectivity index (χ1) is 6.24. The van der Waals surface area contributed by atoms with Crippen LogP contribution in [0, 0.1) is 0 Å². The minimum Gasteiger partial charge on any atom is -0.272 e. The number of hydrazine groups is 1. The van der Waals surface area contributed by atoms with Gasteiger partial charge in [0.15, 0.2) is 0 Å². The number of halogens is 1. The van der Waals surface area contributed by atoms with Gasteiger partial charge in [-0.05, 0) is 11.4 Å². The summed E-state index contributed by atoms with van der Waals surface area (Å²) in [5, 5.41) is 1.78. The Hall–Kier alpha value is -1.07. The lowest BCUT2D eigenvalue weighted by Gasteiger charge is -2.02. The molecule has 70 valence electrons. The van der Waals surface area contributed by atoms with Crippen molar-refractivity contribution in [2.75, 3.05) is 5.88 Å². The number of nitrogens with one attached hydrogen (secondary N) is 2. The summed E-state index contributed by atoms with van der Waals surface area (Å²) in [7, 11) is 0. The number of alkyl halides is 1. The lowest BCUT2D eigenvalue weighted by Crippen LogP contribution is -2.41. The number of carbonyl (C=O) groups is 2. The van der Waals surface area contributed by atoms with Crippen LogP contribution in [0.3, 0.4) is 0 Å². The maximum atomic E-state index is 11.2. The first-order valence-corrected chi connectivity index (χ1v) is 4.84. The molecule has 0 fully saturated rings. The number of thiophene rings is 1. The Morgan fingerprint density at radius 1 is 1.46 bits per heavy atom. The van der Waals surface area contributed by atoms with Crippen molar-refractivity contribution in [1.29, 1.82) is 0 Å². The van der Waals surface area contributed by atoms with Crippen LogP contribution < -0.4 is 10.9 Å². The van der Waals surface area contributed by atoms with Gasteiger partial charge in [0, 0.05) is 0 Å². The minimum absolute atomic E-state index is 0.176. The average Bonchev–Trinajstić information content (AvgIpc) is 2.66. The van der Waals surface area contributed by atoms with Gasteiger partial charge >= 0.3 is 0 Å². The molecule has 6 heteroatoms. The van der Waals surface area contributed by atoms with Crippen molar-refractivity contribution in [3.63, 3.8) is 0 Å². The fraction of sp³-hybridized carbons (Fsp3) is 0.143. The Kier molecular flexibility index (Phi) is 3.72. The van der Waals surface area contributed by atoms with E-state index in [1.54, 1.807) is 17.5 Å². The molecule has 0 spiro atoms. The largest absolute Gasteiger partial charge is 0.279 e.